The van der Waals surface area contributed by atoms with E-state index in [0.29, 0.717) is 12.1 Å². The zero-order chi connectivity index (χ0) is 48.5. The summed E-state index contributed by atoms with van der Waals surface area (Å²) in [6, 6.07) is 9.27. The Bertz CT molecular complexity index is 3180. The molecule has 4 rings (SSSR count). The Hall–Kier alpha value is -6.50. The summed E-state index contributed by atoms with van der Waals surface area (Å²) in [6.45, 7) is -2.63. The number of rotatable bonds is 22. The molecule has 0 radical (unpaired) electrons. The molecule has 4 aromatic carbocycles. The number of sulfone groups is 2. The highest BCUT2D eigenvalue weighted by Crippen LogP contribution is 2.47. The van der Waals surface area contributed by atoms with Gasteiger partial charge in [0, 0.05) is 0 Å². The molecule has 0 saturated heterocycles. The van der Waals surface area contributed by atoms with Crippen molar-refractivity contribution in [2.24, 2.45) is 35.9 Å². The molecule has 0 aliphatic carbocycles. The van der Waals surface area contributed by atoms with Crippen molar-refractivity contribution in [3.8, 4) is 17.2 Å². The predicted octanol–water partition coefficient (Wildman–Crippen LogP) is 4.62. The lowest BCUT2D eigenvalue weighted by molar-refractivity contribution is 0.0696. The molecular weight excluding hydrogens is 981 g/mol. The van der Waals surface area contributed by atoms with E-state index in [-0.39, 0.29) is 28.5 Å². The minimum Gasteiger partial charge on any atom is -0.505 e. The standard InChI is InChI=1S/C31H30N8O21S5/c1-58-26-7-4-18(61(45,46)10-8-59-64(52,53)54)13-24(26)37-39-29-25(40)15-20(31(42)43)28(30(29)41)38-34-17-2-5-21(23(12-17)32-16-33-44)35-36-22-6-3-19(14-27(22)63(49,50)51)62(47,48)11-9-60-65(55,56)57/h2-7,12-15,32,40-41H,8-11,16H2,1H3,(H,42,43)(H,49,50,51)(H,52,53,54)(H,55,56,57). The predicted molar refractivity (Wildman–Crippen MR) is 218 cm³/mol. The highest BCUT2D eigenvalue weighted by molar-refractivity contribution is 7.92. The molecule has 0 saturated carbocycles. The number of hydrogen-bond acceptors (Lipinski definition) is 25. The van der Waals surface area contributed by atoms with Gasteiger partial charge in [-0.15, -0.1) is 30.5 Å². The van der Waals surface area contributed by atoms with Crippen molar-refractivity contribution in [1.29, 1.82) is 0 Å². The number of phenolic OH excluding ortho intramolecular Hbond substituents is 2. The largest absolute Gasteiger partial charge is 0.505 e. The molecule has 0 fully saturated rings. The second kappa shape index (κ2) is 20.6. The molecule has 0 aliphatic rings. The number of carboxylic acids is 1. The Kier molecular flexibility index (Phi) is 16.2. The van der Waals surface area contributed by atoms with Gasteiger partial charge in [-0.3, -0.25) is 13.7 Å². The average Bonchev–Trinajstić information content (AvgIpc) is 3.20. The van der Waals surface area contributed by atoms with Gasteiger partial charge in [-0.2, -0.15) is 30.4 Å². The van der Waals surface area contributed by atoms with E-state index in [4.69, 9.17) is 13.8 Å². The van der Waals surface area contributed by atoms with Crippen LogP contribution in [0.25, 0.3) is 0 Å². The van der Waals surface area contributed by atoms with Crippen molar-refractivity contribution in [3.05, 3.63) is 71.1 Å². The van der Waals surface area contributed by atoms with Crippen LogP contribution in [-0.4, -0.2) is 116 Å². The van der Waals surface area contributed by atoms with Crippen LogP contribution in [0.5, 0.6) is 17.2 Å². The van der Waals surface area contributed by atoms with Crippen LogP contribution in [0.1, 0.15) is 10.4 Å². The molecule has 0 aliphatic heterocycles. The molecule has 34 heteroatoms. The minimum atomic E-state index is -5.21. The van der Waals surface area contributed by atoms with E-state index in [1.807, 2.05) is 0 Å². The van der Waals surface area contributed by atoms with Gasteiger partial charge in [0.05, 0.1) is 58.6 Å². The highest BCUT2D eigenvalue weighted by Gasteiger charge is 2.25. The molecule has 29 nitrogen and oxygen atoms in total. The summed E-state index contributed by atoms with van der Waals surface area (Å²) in [4.78, 5) is 20.8. The third kappa shape index (κ3) is 14.2. The van der Waals surface area contributed by atoms with Crippen LogP contribution < -0.4 is 10.1 Å². The summed E-state index contributed by atoms with van der Waals surface area (Å²) in [7, 11) is -22.8. The van der Waals surface area contributed by atoms with Crippen molar-refractivity contribution in [3.63, 3.8) is 0 Å². The zero-order valence-corrected chi connectivity index (χ0v) is 36.4. The van der Waals surface area contributed by atoms with Crippen molar-refractivity contribution in [2.75, 3.05) is 43.8 Å². The molecule has 0 amide bonds. The first-order valence-corrected chi connectivity index (χ1v) is 24.4. The number of carboxylic acid groups (broad SMARTS) is 1. The number of ether oxygens (including phenoxy) is 1. The number of nitrogens with zero attached hydrogens (tertiary/aromatic N) is 7. The number of carbonyl (C=O) groups is 1. The molecule has 0 aromatic heterocycles. The lowest BCUT2D eigenvalue weighted by atomic mass is 10.1. The van der Waals surface area contributed by atoms with Gasteiger partial charge in [0.2, 0.25) is 0 Å². The Labute approximate surface area is 366 Å². The maximum atomic E-state index is 12.8. The number of nitrogens with one attached hydrogen (secondary N) is 1. The number of nitroso groups, excluding NO2 is 1. The third-order valence-corrected chi connectivity index (χ3v) is 13.0. The van der Waals surface area contributed by atoms with E-state index in [2.05, 4.69) is 49.5 Å². The minimum absolute atomic E-state index is 0.104. The maximum absolute atomic E-state index is 12.8. The van der Waals surface area contributed by atoms with Crippen molar-refractivity contribution < 1.29 is 89.0 Å². The molecule has 350 valence electrons. The molecular formula is C31H30N8O21S5. The van der Waals surface area contributed by atoms with Gasteiger partial charge in [0.25, 0.3) is 10.1 Å². The summed E-state index contributed by atoms with van der Waals surface area (Å²) in [6.07, 6.45) is 0. The summed E-state index contributed by atoms with van der Waals surface area (Å²) in [5, 5.41) is 59.4. The number of aromatic hydroxyl groups is 2. The Morgan fingerprint density at radius 1 is 0.646 bits per heavy atom. The smallest absolute Gasteiger partial charge is 0.397 e. The maximum Gasteiger partial charge on any atom is 0.397 e. The number of benzene rings is 4. The fourth-order valence-electron chi connectivity index (χ4n) is 4.90. The van der Waals surface area contributed by atoms with Crippen molar-refractivity contribution in [1.82, 2.24) is 0 Å². The van der Waals surface area contributed by atoms with Crippen molar-refractivity contribution >= 4 is 96.4 Å². The average molecular weight is 1010 g/mol. The first-order chi connectivity index (χ1) is 30.2. The molecule has 0 unspecified atom stereocenters. The Morgan fingerprint density at radius 2 is 1.18 bits per heavy atom. The van der Waals surface area contributed by atoms with Gasteiger partial charge in [0.15, 0.2) is 31.1 Å². The highest BCUT2D eigenvalue weighted by atomic mass is 32.3. The molecule has 0 heterocycles. The second-order valence-electron chi connectivity index (χ2n) is 12.1. The molecule has 0 spiro atoms. The van der Waals surface area contributed by atoms with Crippen LogP contribution >= 0.6 is 0 Å². The summed E-state index contributed by atoms with van der Waals surface area (Å²) < 4.78 is 159. The number of phenols is 2. The molecule has 65 heavy (non-hydrogen) atoms. The summed E-state index contributed by atoms with van der Waals surface area (Å²) in [5.74, 6) is -5.89. The Balaban J connectivity index is 1.71. The Morgan fingerprint density at radius 3 is 1.74 bits per heavy atom. The number of aromatic carboxylic acids is 1. The SMILES string of the molecule is COc1ccc(S(=O)(=O)CCOS(=O)(=O)O)cc1N=Nc1c(O)cc(C(=O)O)c(N=Nc2ccc(N=Nc3ccc(S(=O)(=O)CCOS(=O)(=O)O)cc3S(=O)(=O)O)c(NCN=O)c2)c1O. The molecule has 4 aromatic rings. The van der Waals surface area contributed by atoms with Crippen LogP contribution in [-0.2, 0) is 59.0 Å². The normalized spacial score (nSPS) is 12.9. The fraction of sp³-hybridized carbons (Fsp3) is 0.194. The number of anilines is 1. The van der Waals surface area contributed by atoms with Crippen LogP contribution in [0.3, 0.4) is 0 Å². The fourth-order valence-corrected chi connectivity index (χ4v) is 8.64. The van der Waals surface area contributed by atoms with Gasteiger partial charge >= 0.3 is 26.8 Å². The van der Waals surface area contributed by atoms with Gasteiger partial charge in [-0.1, -0.05) is 0 Å². The van der Waals surface area contributed by atoms with E-state index < -0.39 is 137 Å². The topological polar surface area (TPSA) is 452 Å². The van der Waals surface area contributed by atoms with Crippen LogP contribution in [0.2, 0.25) is 0 Å². The number of hydrogen-bond donors (Lipinski definition) is 7. The first kappa shape index (κ1) is 51.1. The van der Waals surface area contributed by atoms with Crippen molar-refractivity contribution in [2.45, 2.75) is 14.7 Å². The van der Waals surface area contributed by atoms with Crippen LogP contribution in [0, 0.1) is 4.91 Å². The van der Waals surface area contributed by atoms with Gasteiger partial charge < -0.3 is 25.4 Å². The van der Waals surface area contributed by atoms with E-state index in [1.165, 1.54) is 7.11 Å². The van der Waals surface area contributed by atoms with E-state index in [9.17, 15) is 71.7 Å². The first-order valence-electron chi connectivity index (χ1n) is 16.9. The summed E-state index contributed by atoms with van der Waals surface area (Å²) >= 11 is 0. The molecule has 0 atom stereocenters. The third-order valence-electron chi connectivity index (χ3n) is 7.81. The van der Waals surface area contributed by atoms with E-state index in [1.54, 1.807) is 0 Å². The lowest BCUT2D eigenvalue weighted by Crippen LogP contribution is -2.16. The van der Waals surface area contributed by atoms with Crippen LogP contribution in [0.4, 0.5) is 39.8 Å². The van der Waals surface area contributed by atoms with Gasteiger partial charge in [-0.25, -0.2) is 30.0 Å². The lowest BCUT2D eigenvalue weighted by Gasteiger charge is -2.10. The van der Waals surface area contributed by atoms with E-state index >= 15 is 0 Å². The summed E-state index contributed by atoms with van der Waals surface area (Å²) in [5.41, 5.74) is -3.88. The number of azo groups is 3. The van der Waals surface area contributed by atoms with Crippen LogP contribution in [0.15, 0.2) is 111 Å². The monoisotopic (exact) mass is 1010 g/mol. The van der Waals surface area contributed by atoms with E-state index in [0.717, 1.165) is 48.5 Å². The quantitative estimate of drug-likeness (QED) is 0.0321. The zero-order valence-electron chi connectivity index (χ0n) is 32.3. The molecule has 7 N–H and O–H groups in total. The van der Waals surface area contributed by atoms with Gasteiger partial charge in [0.1, 0.15) is 45.8 Å². The number of methoxy groups -OCH3 is 1. The van der Waals surface area contributed by atoms with Gasteiger partial charge in [-0.05, 0) is 65.8 Å². The molecule has 0 bridgehead atoms. The second-order valence-corrected chi connectivity index (χ2v) is 19.9.